The Kier molecular flexibility index (Phi) is 3.89. The van der Waals surface area contributed by atoms with Gasteiger partial charge in [-0.1, -0.05) is 11.6 Å². The van der Waals surface area contributed by atoms with Gasteiger partial charge >= 0.3 is 0 Å². The highest BCUT2D eigenvalue weighted by molar-refractivity contribution is 6.31. The Hall–Kier alpha value is -1.22. The normalized spacial score (nSPS) is 13.5. The van der Waals surface area contributed by atoms with Gasteiger partial charge in [0.2, 0.25) is 0 Å². The van der Waals surface area contributed by atoms with E-state index in [-0.39, 0.29) is 5.78 Å². The van der Waals surface area contributed by atoms with Crippen LogP contribution in [0, 0.1) is 0 Å². The average Bonchev–Trinajstić information content (AvgIpc) is 2.29. The van der Waals surface area contributed by atoms with Gasteiger partial charge in [-0.15, -0.1) is 0 Å². The van der Waals surface area contributed by atoms with Crippen LogP contribution in [-0.4, -0.2) is 19.0 Å². The van der Waals surface area contributed by atoms with Gasteiger partial charge in [-0.2, -0.15) is 0 Å². The Morgan fingerprint density at radius 1 is 1.29 bits per heavy atom. The van der Waals surface area contributed by atoms with Crippen LogP contribution >= 0.6 is 11.6 Å². The smallest absolute Gasteiger partial charge is 0.162 e. The summed E-state index contributed by atoms with van der Waals surface area (Å²) in [5.41, 5.74) is 1.01. The van der Waals surface area contributed by atoms with Gasteiger partial charge in [-0.25, -0.2) is 0 Å². The molecule has 0 saturated heterocycles. The van der Waals surface area contributed by atoms with Crippen LogP contribution in [0.3, 0.4) is 0 Å². The minimum Gasteiger partial charge on any atom is -0.486 e. The quantitative estimate of drug-likeness (QED) is 0.829. The summed E-state index contributed by atoms with van der Waals surface area (Å²) in [7, 11) is 0. The zero-order valence-corrected chi connectivity index (χ0v) is 10.5. The fraction of sp³-hybridized carbons (Fsp3) is 0.462. The first-order valence-corrected chi connectivity index (χ1v) is 6.12. The van der Waals surface area contributed by atoms with Gasteiger partial charge in [-0.05, 0) is 31.4 Å². The maximum absolute atomic E-state index is 10.9. The molecule has 0 bridgehead atoms. The molecule has 0 fully saturated rings. The minimum absolute atomic E-state index is 0.207. The van der Waals surface area contributed by atoms with Crippen molar-refractivity contribution in [3.05, 3.63) is 22.7 Å². The van der Waals surface area contributed by atoms with Gasteiger partial charge in [0.05, 0.1) is 0 Å². The summed E-state index contributed by atoms with van der Waals surface area (Å²) in [5.74, 6) is 1.66. The van der Waals surface area contributed by atoms with Crippen LogP contribution in [0.5, 0.6) is 11.5 Å². The lowest BCUT2D eigenvalue weighted by Crippen LogP contribution is -2.15. The molecule has 1 aromatic carbocycles. The number of halogens is 1. The van der Waals surface area contributed by atoms with Crippen LogP contribution in [0.2, 0.25) is 5.02 Å². The maximum Gasteiger partial charge on any atom is 0.162 e. The van der Waals surface area contributed by atoms with Crippen molar-refractivity contribution in [3.8, 4) is 11.5 Å². The molecule has 0 atom stereocenters. The van der Waals surface area contributed by atoms with Crippen molar-refractivity contribution in [2.24, 2.45) is 0 Å². The van der Waals surface area contributed by atoms with E-state index in [0.29, 0.717) is 30.4 Å². The van der Waals surface area contributed by atoms with Gasteiger partial charge in [0.15, 0.2) is 11.5 Å². The zero-order valence-electron chi connectivity index (χ0n) is 9.79. The number of rotatable bonds is 4. The molecule has 1 aliphatic rings. The Balaban J connectivity index is 2.09. The van der Waals surface area contributed by atoms with Gasteiger partial charge < -0.3 is 14.3 Å². The molecule has 0 unspecified atom stereocenters. The van der Waals surface area contributed by atoms with Crippen LogP contribution < -0.4 is 9.47 Å². The highest BCUT2D eigenvalue weighted by Gasteiger charge is 2.14. The Morgan fingerprint density at radius 2 is 1.94 bits per heavy atom. The third-order valence-electron chi connectivity index (χ3n) is 2.69. The second kappa shape index (κ2) is 5.41. The lowest BCUT2D eigenvalue weighted by Gasteiger charge is -2.19. The molecule has 17 heavy (non-hydrogen) atoms. The third-order valence-corrected chi connectivity index (χ3v) is 3.04. The van der Waals surface area contributed by atoms with E-state index in [9.17, 15) is 4.79 Å². The summed E-state index contributed by atoms with van der Waals surface area (Å²) >= 11 is 6.16. The molecule has 1 aromatic rings. The predicted molar refractivity (Wildman–Crippen MR) is 66.1 cm³/mol. The van der Waals surface area contributed by atoms with Crippen LogP contribution in [0.25, 0.3) is 0 Å². The van der Waals surface area contributed by atoms with Crippen LogP contribution in [0.4, 0.5) is 0 Å². The fourth-order valence-electron chi connectivity index (χ4n) is 1.83. The van der Waals surface area contributed by atoms with Crippen molar-refractivity contribution in [1.82, 2.24) is 0 Å². The van der Waals surface area contributed by atoms with Crippen molar-refractivity contribution >= 4 is 17.4 Å². The van der Waals surface area contributed by atoms with Crippen LogP contribution in [0.15, 0.2) is 12.1 Å². The summed E-state index contributed by atoms with van der Waals surface area (Å²) in [4.78, 5) is 10.9. The number of ether oxygens (including phenoxy) is 2. The van der Waals surface area contributed by atoms with E-state index in [1.165, 1.54) is 0 Å². The van der Waals surface area contributed by atoms with E-state index in [0.717, 1.165) is 24.2 Å². The van der Waals surface area contributed by atoms with Crippen molar-refractivity contribution < 1.29 is 14.3 Å². The maximum atomic E-state index is 10.9. The summed E-state index contributed by atoms with van der Waals surface area (Å²) in [6.45, 7) is 2.74. The number of hydrogen-bond donors (Lipinski definition) is 0. The molecule has 0 amide bonds. The molecular formula is C13H15ClO3. The van der Waals surface area contributed by atoms with Crippen molar-refractivity contribution in [1.29, 1.82) is 0 Å². The minimum atomic E-state index is 0.207. The molecule has 4 heteroatoms. The Labute approximate surface area is 106 Å². The summed E-state index contributed by atoms with van der Waals surface area (Å²) in [6.07, 6.45) is 2.19. The number of benzene rings is 1. The molecule has 0 aromatic heterocycles. The highest BCUT2D eigenvalue weighted by Crippen LogP contribution is 2.35. The predicted octanol–water partition coefficient (Wildman–Crippen LogP) is 3.02. The Morgan fingerprint density at radius 3 is 2.59 bits per heavy atom. The van der Waals surface area contributed by atoms with E-state index in [2.05, 4.69) is 0 Å². The third kappa shape index (κ3) is 3.13. The topological polar surface area (TPSA) is 35.5 Å². The van der Waals surface area contributed by atoms with Crippen molar-refractivity contribution in [2.45, 2.75) is 26.2 Å². The SMILES string of the molecule is CC(=O)CCCc1cc2c(cc1Cl)OCCO2. The molecule has 0 spiro atoms. The molecule has 0 radical (unpaired) electrons. The molecule has 1 aliphatic heterocycles. The van der Waals surface area contributed by atoms with E-state index < -0.39 is 0 Å². The first kappa shape index (κ1) is 12.2. The summed E-state index contributed by atoms with van der Waals surface area (Å²) < 4.78 is 10.9. The summed E-state index contributed by atoms with van der Waals surface area (Å²) in [6, 6.07) is 3.70. The zero-order chi connectivity index (χ0) is 12.3. The molecule has 0 aliphatic carbocycles. The van der Waals surface area contributed by atoms with Crippen LogP contribution in [0.1, 0.15) is 25.3 Å². The van der Waals surface area contributed by atoms with E-state index in [1.807, 2.05) is 6.07 Å². The largest absolute Gasteiger partial charge is 0.486 e. The molecule has 1 heterocycles. The lowest BCUT2D eigenvalue weighted by molar-refractivity contribution is -0.117. The number of hydrogen-bond acceptors (Lipinski definition) is 3. The van der Waals surface area contributed by atoms with Crippen LogP contribution in [-0.2, 0) is 11.2 Å². The molecule has 0 N–H and O–H groups in total. The fourth-order valence-corrected chi connectivity index (χ4v) is 2.07. The highest BCUT2D eigenvalue weighted by atomic mass is 35.5. The standard InChI is InChI=1S/C13H15ClO3/c1-9(15)3-2-4-10-7-12-13(8-11(10)14)17-6-5-16-12/h7-8H,2-6H2,1H3. The second-order valence-electron chi connectivity index (χ2n) is 4.14. The summed E-state index contributed by atoms with van der Waals surface area (Å²) in [5, 5.41) is 0.679. The van der Waals surface area contributed by atoms with Gasteiger partial charge in [0.1, 0.15) is 19.0 Å². The van der Waals surface area contributed by atoms with E-state index >= 15 is 0 Å². The molecule has 2 rings (SSSR count). The number of fused-ring (bicyclic) bond motifs is 1. The Bertz CT molecular complexity index is 429. The van der Waals surface area contributed by atoms with Gasteiger partial charge in [0.25, 0.3) is 0 Å². The number of ketones is 1. The first-order chi connectivity index (χ1) is 8.16. The first-order valence-electron chi connectivity index (χ1n) is 5.74. The van der Waals surface area contributed by atoms with E-state index in [4.69, 9.17) is 21.1 Å². The molecule has 92 valence electrons. The van der Waals surface area contributed by atoms with Crippen molar-refractivity contribution in [3.63, 3.8) is 0 Å². The average molecular weight is 255 g/mol. The monoisotopic (exact) mass is 254 g/mol. The molecule has 0 saturated carbocycles. The van der Waals surface area contributed by atoms with Gasteiger partial charge in [-0.3, -0.25) is 0 Å². The number of aryl methyl sites for hydroxylation is 1. The number of carbonyl (C=O) groups is 1. The molecular weight excluding hydrogens is 240 g/mol. The van der Waals surface area contributed by atoms with Crippen molar-refractivity contribution in [2.75, 3.05) is 13.2 Å². The van der Waals surface area contributed by atoms with E-state index in [1.54, 1.807) is 13.0 Å². The lowest BCUT2D eigenvalue weighted by atomic mass is 10.1. The van der Waals surface area contributed by atoms with Gasteiger partial charge in [0, 0.05) is 17.5 Å². The number of Topliss-reactive ketones (excluding diaryl/α,β-unsaturated/α-hetero) is 1. The molecule has 3 nitrogen and oxygen atoms in total. The second-order valence-corrected chi connectivity index (χ2v) is 4.55. The number of carbonyl (C=O) groups excluding carboxylic acids is 1.